The second kappa shape index (κ2) is 17.6. The summed E-state index contributed by atoms with van der Waals surface area (Å²) in [6.45, 7) is 10.1. The molecule has 12 heteroatoms. The van der Waals surface area contributed by atoms with Crippen molar-refractivity contribution in [2.24, 2.45) is 13.0 Å². The lowest BCUT2D eigenvalue weighted by molar-refractivity contribution is -0.132. The Morgan fingerprint density at radius 2 is 1.65 bits per heavy atom. The highest BCUT2D eigenvalue weighted by Crippen LogP contribution is 2.17. The second-order valence-corrected chi connectivity index (χ2v) is 13.0. The summed E-state index contributed by atoms with van der Waals surface area (Å²) in [6, 6.07) is 11.9. The lowest BCUT2D eigenvalue weighted by Gasteiger charge is -2.27. The van der Waals surface area contributed by atoms with Crippen LogP contribution in [0.25, 0.3) is 0 Å². The third kappa shape index (κ3) is 10.6. The number of fused-ring (bicyclic) bond motifs is 18. The Bertz CT molecular complexity index is 1570. The topological polar surface area (TPSA) is 147 Å². The molecule has 49 heavy (non-hydrogen) atoms. The summed E-state index contributed by atoms with van der Waals surface area (Å²) in [6.07, 6.45) is 4.42. The quantitative estimate of drug-likeness (QED) is 0.282. The molecule has 1 aromatic heterocycles. The molecule has 1 unspecified atom stereocenters. The zero-order valence-corrected chi connectivity index (χ0v) is 29.5. The molecule has 2 aromatic carbocycles. The minimum Gasteiger partial charge on any atom is -0.497 e. The number of ether oxygens (including phenoxy) is 1. The van der Waals surface area contributed by atoms with Crippen LogP contribution in [0.5, 0.6) is 5.75 Å². The van der Waals surface area contributed by atoms with Crippen LogP contribution in [0.15, 0.2) is 54.7 Å². The van der Waals surface area contributed by atoms with Crippen molar-refractivity contribution < 1.29 is 23.9 Å². The molecular formula is C37H51N7O5. The van der Waals surface area contributed by atoms with Crippen molar-refractivity contribution in [1.82, 2.24) is 35.9 Å². The molecular weight excluding hydrogens is 622 g/mol. The van der Waals surface area contributed by atoms with E-state index in [2.05, 4.69) is 31.3 Å². The fraction of sp³-hybridized carbons (Fsp3) is 0.486. The molecule has 12 nitrogen and oxygen atoms in total. The van der Waals surface area contributed by atoms with E-state index in [4.69, 9.17) is 4.74 Å². The first kappa shape index (κ1) is 37.1. The maximum Gasteiger partial charge on any atom is 0.251 e. The fourth-order valence-corrected chi connectivity index (χ4v) is 5.88. The molecule has 0 spiro atoms. The summed E-state index contributed by atoms with van der Waals surface area (Å²) in [5.74, 6) is -1.20. The van der Waals surface area contributed by atoms with E-state index in [-0.39, 0.29) is 24.2 Å². The van der Waals surface area contributed by atoms with E-state index < -0.39 is 29.9 Å². The smallest absolute Gasteiger partial charge is 0.251 e. The lowest BCUT2D eigenvalue weighted by Crippen LogP contribution is -2.58. The molecule has 5 rings (SSSR count). The standard InChI is InChI=1S/C37H51N7O5/c1-7-24(2)33-37(48)40-32(20-27-12-16-31(49-6)17-13-27)36(47)39-26(4)34(45)38-18-8-9-19-44(23-30-22-43(5)42-25(30)3)21-28-10-14-29(15-11-28)35(46)41-33/h10-17,22,24,26,32-33H,7-9,18-21,23H2,1-6H3,(H,38,45)(H,39,47)(H,40,48)(H,41,46)/t24-,26+,32-,33?/m0/s1. The summed E-state index contributed by atoms with van der Waals surface area (Å²) in [5.41, 5.74) is 4.40. The number of aromatic nitrogens is 2. The first-order valence-corrected chi connectivity index (χ1v) is 17.1. The predicted molar refractivity (Wildman–Crippen MR) is 188 cm³/mol. The molecule has 2 aliphatic heterocycles. The van der Waals surface area contributed by atoms with Crippen molar-refractivity contribution in [2.45, 2.75) is 84.6 Å². The highest BCUT2D eigenvalue weighted by Gasteiger charge is 2.31. The number of rotatable bonds is 7. The van der Waals surface area contributed by atoms with E-state index in [1.807, 2.05) is 63.0 Å². The first-order valence-electron chi connectivity index (χ1n) is 17.1. The number of carbonyl (C=O) groups is 4. The molecule has 0 fully saturated rings. The minimum absolute atomic E-state index is 0.174. The number of methoxy groups -OCH3 is 1. The summed E-state index contributed by atoms with van der Waals surface area (Å²) < 4.78 is 7.08. The van der Waals surface area contributed by atoms with Gasteiger partial charge in [-0.1, -0.05) is 44.5 Å². The number of amides is 4. The molecule has 4 N–H and O–H groups in total. The van der Waals surface area contributed by atoms with Gasteiger partial charge < -0.3 is 26.0 Å². The van der Waals surface area contributed by atoms with Crippen LogP contribution in [0.4, 0.5) is 0 Å². The first-order chi connectivity index (χ1) is 23.5. The maximum absolute atomic E-state index is 13.8. The van der Waals surface area contributed by atoms with Crippen molar-refractivity contribution in [3.05, 3.63) is 82.7 Å². The molecule has 264 valence electrons. The fourth-order valence-electron chi connectivity index (χ4n) is 5.88. The SMILES string of the molecule is CC[C@H](C)C1NC(=O)c2ccc(cc2)CN(Cc2cn(C)nc2C)CCCCNC(=O)[C@@H](C)NC(=O)[C@H](Cc2ccc(OC)cc2)NC1=O. The van der Waals surface area contributed by atoms with Crippen LogP contribution in [0, 0.1) is 12.8 Å². The maximum atomic E-state index is 13.8. The molecule has 0 aliphatic carbocycles. The van der Waals surface area contributed by atoms with Crippen LogP contribution < -0.4 is 26.0 Å². The Kier molecular flexibility index (Phi) is 13.3. The minimum atomic E-state index is -0.998. The predicted octanol–water partition coefficient (Wildman–Crippen LogP) is 3.03. The van der Waals surface area contributed by atoms with Gasteiger partial charge in [-0.15, -0.1) is 0 Å². The molecule has 2 bridgehead atoms. The third-order valence-electron chi connectivity index (χ3n) is 9.10. The van der Waals surface area contributed by atoms with Crippen LogP contribution in [0.3, 0.4) is 0 Å². The Morgan fingerprint density at radius 3 is 2.29 bits per heavy atom. The van der Waals surface area contributed by atoms with Crippen LogP contribution in [0.1, 0.15) is 72.8 Å². The number of hydrogen-bond acceptors (Lipinski definition) is 7. The van der Waals surface area contributed by atoms with Gasteiger partial charge in [-0.05, 0) is 74.5 Å². The largest absolute Gasteiger partial charge is 0.497 e. The van der Waals surface area contributed by atoms with Gasteiger partial charge in [0, 0.05) is 50.4 Å². The van der Waals surface area contributed by atoms with E-state index in [0.29, 0.717) is 37.4 Å². The van der Waals surface area contributed by atoms with Crippen molar-refractivity contribution in [1.29, 1.82) is 0 Å². The van der Waals surface area contributed by atoms with Crippen LogP contribution >= 0.6 is 0 Å². The van der Waals surface area contributed by atoms with Crippen molar-refractivity contribution in [3.63, 3.8) is 0 Å². The van der Waals surface area contributed by atoms with Crippen molar-refractivity contribution in [3.8, 4) is 5.75 Å². The summed E-state index contributed by atoms with van der Waals surface area (Å²) in [7, 11) is 3.48. The molecule has 2 aliphatic rings. The molecule has 3 heterocycles. The van der Waals surface area contributed by atoms with Crippen LogP contribution in [-0.2, 0) is 40.9 Å². The molecule has 4 amide bonds. The highest BCUT2D eigenvalue weighted by molar-refractivity contribution is 5.99. The van der Waals surface area contributed by atoms with Gasteiger partial charge in [-0.25, -0.2) is 0 Å². The van der Waals surface area contributed by atoms with E-state index in [1.54, 1.807) is 38.3 Å². The Labute approximate surface area is 289 Å². The van der Waals surface area contributed by atoms with E-state index in [9.17, 15) is 19.2 Å². The Balaban J connectivity index is 1.59. The van der Waals surface area contributed by atoms with Gasteiger partial charge in [0.2, 0.25) is 17.7 Å². The average Bonchev–Trinajstić information content (AvgIpc) is 3.41. The Hall–Kier alpha value is -4.71. The average molecular weight is 674 g/mol. The van der Waals surface area contributed by atoms with Gasteiger partial charge in [0.05, 0.1) is 12.8 Å². The number of carbonyl (C=O) groups excluding carboxylic acids is 4. The zero-order valence-electron chi connectivity index (χ0n) is 29.5. The number of benzene rings is 2. The van der Waals surface area contributed by atoms with Gasteiger partial charge in [0.1, 0.15) is 23.9 Å². The molecule has 0 radical (unpaired) electrons. The third-order valence-corrected chi connectivity index (χ3v) is 9.10. The van der Waals surface area contributed by atoms with Gasteiger partial charge in [0.15, 0.2) is 0 Å². The lowest BCUT2D eigenvalue weighted by atomic mass is 9.96. The van der Waals surface area contributed by atoms with E-state index in [0.717, 1.165) is 41.8 Å². The summed E-state index contributed by atoms with van der Waals surface area (Å²) in [5, 5.41) is 16.0. The number of hydrogen-bond donors (Lipinski definition) is 4. The molecule has 4 atom stereocenters. The summed E-state index contributed by atoms with van der Waals surface area (Å²) in [4.78, 5) is 56.3. The van der Waals surface area contributed by atoms with E-state index >= 15 is 0 Å². The molecule has 0 saturated heterocycles. The monoisotopic (exact) mass is 673 g/mol. The second-order valence-electron chi connectivity index (χ2n) is 13.0. The molecule has 0 saturated carbocycles. The Morgan fingerprint density at radius 1 is 0.939 bits per heavy atom. The van der Waals surface area contributed by atoms with Crippen molar-refractivity contribution in [2.75, 3.05) is 20.2 Å². The van der Waals surface area contributed by atoms with Gasteiger partial charge in [-0.3, -0.25) is 28.8 Å². The van der Waals surface area contributed by atoms with Crippen molar-refractivity contribution >= 4 is 23.6 Å². The number of nitrogens with zero attached hydrogens (tertiary/aromatic N) is 3. The van der Waals surface area contributed by atoms with Crippen LogP contribution in [0.2, 0.25) is 0 Å². The van der Waals surface area contributed by atoms with Gasteiger partial charge >= 0.3 is 0 Å². The summed E-state index contributed by atoms with van der Waals surface area (Å²) >= 11 is 0. The normalized spacial score (nSPS) is 21.1. The number of nitrogens with one attached hydrogen (secondary N) is 4. The van der Waals surface area contributed by atoms with E-state index in [1.165, 1.54) is 0 Å². The van der Waals surface area contributed by atoms with Crippen LogP contribution in [-0.4, -0.2) is 76.6 Å². The number of aryl methyl sites for hydroxylation is 2. The highest BCUT2D eigenvalue weighted by atomic mass is 16.5. The van der Waals surface area contributed by atoms with Gasteiger partial charge in [0.25, 0.3) is 5.91 Å². The van der Waals surface area contributed by atoms with Gasteiger partial charge in [-0.2, -0.15) is 5.10 Å². The zero-order chi connectivity index (χ0) is 35.5. The molecule has 3 aromatic rings.